The van der Waals surface area contributed by atoms with Gasteiger partial charge in [0.25, 0.3) is 0 Å². The summed E-state index contributed by atoms with van der Waals surface area (Å²) in [6, 6.07) is 4.58. The van der Waals surface area contributed by atoms with Gasteiger partial charge in [0.15, 0.2) is 0 Å². The van der Waals surface area contributed by atoms with Crippen LogP contribution in [-0.4, -0.2) is 5.11 Å². The SMILES string of the molecule is CC(C)c1cc(C(C)C)c2c(c1)[C@H](O)CC2(C)C. The van der Waals surface area contributed by atoms with Gasteiger partial charge in [0, 0.05) is 0 Å². The van der Waals surface area contributed by atoms with Gasteiger partial charge in [0.1, 0.15) is 0 Å². The molecule has 0 heterocycles. The summed E-state index contributed by atoms with van der Waals surface area (Å²) in [5, 5.41) is 10.3. The molecular formula is C17H26O. The Labute approximate surface area is 111 Å². The largest absolute Gasteiger partial charge is 0.388 e. The predicted octanol–water partition coefficient (Wildman–Crippen LogP) is 4.65. The first-order chi connectivity index (χ1) is 8.24. The molecule has 100 valence electrons. The van der Waals surface area contributed by atoms with E-state index in [-0.39, 0.29) is 11.5 Å². The van der Waals surface area contributed by atoms with Crippen LogP contribution in [0.25, 0.3) is 0 Å². The fourth-order valence-electron chi connectivity index (χ4n) is 3.24. The molecule has 0 fully saturated rings. The van der Waals surface area contributed by atoms with Gasteiger partial charge in [-0.3, -0.25) is 0 Å². The van der Waals surface area contributed by atoms with Crippen LogP contribution in [0.2, 0.25) is 0 Å². The van der Waals surface area contributed by atoms with E-state index < -0.39 is 0 Å². The summed E-state index contributed by atoms with van der Waals surface area (Å²) >= 11 is 0. The minimum absolute atomic E-state index is 0.101. The lowest BCUT2D eigenvalue weighted by Gasteiger charge is -2.25. The van der Waals surface area contributed by atoms with Crippen molar-refractivity contribution in [3.63, 3.8) is 0 Å². The Kier molecular flexibility index (Phi) is 3.31. The fourth-order valence-corrected chi connectivity index (χ4v) is 3.24. The highest BCUT2D eigenvalue weighted by atomic mass is 16.3. The maximum absolute atomic E-state index is 10.3. The molecule has 1 atom stereocenters. The van der Waals surface area contributed by atoms with E-state index in [9.17, 15) is 5.11 Å². The molecule has 1 N–H and O–H groups in total. The van der Waals surface area contributed by atoms with Gasteiger partial charge < -0.3 is 5.11 Å². The van der Waals surface area contributed by atoms with Crippen LogP contribution in [-0.2, 0) is 5.41 Å². The summed E-state index contributed by atoms with van der Waals surface area (Å²) in [6.07, 6.45) is 0.565. The molecule has 0 saturated carbocycles. The smallest absolute Gasteiger partial charge is 0.0801 e. The minimum atomic E-state index is -0.286. The molecule has 0 unspecified atom stereocenters. The van der Waals surface area contributed by atoms with Crippen molar-refractivity contribution >= 4 is 0 Å². The van der Waals surface area contributed by atoms with Crippen LogP contribution >= 0.6 is 0 Å². The molecule has 0 radical (unpaired) electrons. The highest BCUT2D eigenvalue weighted by Gasteiger charge is 2.38. The second-order valence-corrected chi connectivity index (χ2v) is 6.99. The van der Waals surface area contributed by atoms with Crippen molar-refractivity contribution in [2.75, 3.05) is 0 Å². The zero-order valence-corrected chi connectivity index (χ0v) is 12.5. The molecule has 0 spiro atoms. The Morgan fingerprint density at radius 1 is 1.11 bits per heavy atom. The first-order valence-corrected chi connectivity index (χ1v) is 7.10. The molecule has 0 saturated heterocycles. The van der Waals surface area contributed by atoms with Gasteiger partial charge in [0.2, 0.25) is 0 Å². The summed E-state index contributed by atoms with van der Waals surface area (Å²) in [4.78, 5) is 0. The molecule has 1 aromatic rings. The Morgan fingerprint density at radius 2 is 1.72 bits per heavy atom. The average Bonchev–Trinajstić information content (AvgIpc) is 2.48. The molecule has 0 amide bonds. The molecule has 18 heavy (non-hydrogen) atoms. The van der Waals surface area contributed by atoms with Crippen molar-refractivity contribution in [3.05, 3.63) is 34.4 Å². The van der Waals surface area contributed by atoms with Gasteiger partial charge in [-0.05, 0) is 45.9 Å². The van der Waals surface area contributed by atoms with Crippen LogP contribution < -0.4 is 0 Å². The number of fused-ring (bicyclic) bond motifs is 1. The van der Waals surface area contributed by atoms with Crippen molar-refractivity contribution in [2.45, 2.75) is 71.3 Å². The molecule has 0 aromatic heterocycles. The van der Waals surface area contributed by atoms with E-state index in [1.54, 1.807) is 0 Å². The topological polar surface area (TPSA) is 20.2 Å². The lowest BCUT2D eigenvalue weighted by atomic mass is 9.79. The molecule has 1 aliphatic carbocycles. The standard InChI is InChI=1S/C17H26O/c1-10(2)12-7-13(11(3)4)16-14(8-12)15(18)9-17(16,5)6/h7-8,10-11,15,18H,9H2,1-6H3/t15-/m1/s1. The van der Waals surface area contributed by atoms with E-state index in [2.05, 4.69) is 53.7 Å². The molecule has 0 aliphatic heterocycles. The summed E-state index contributed by atoms with van der Waals surface area (Å²) in [5.74, 6) is 1.03. The number of rotatable bonds is 2. The fraction of sp³-hybridized carbons (Fsp3) is 0.647. The third-order valence-electron chi connectivity index (χ3n) is 4.25. The average molecular weight is 246 g/mol. The van der Waals surface area contributed by atoms with Crippen molar-refractivity contribution in [1.82, 2.24) is 0 Å². The van der Waals surface area contributed by atoms with Gasteiger partial charge >= 0.3 is 0 Å². The van der Waals surface area contributed by atoms with Crippen LogP contribution in [0, 0.1) is 0 Å². The van der Waals surface area contributed by atoms with Crippen LogP contribution in [0.3, 0.4) is 0 Å². The van der Waals surface area contributed by atoms with Crippen molar-refractivity contribution in [1.29, 1.82) is 0 Å². The Hall–Kier alpha value is -0.820. The molecule has 0 bridgehead atoms. The van der Waals surface area contributed by atoms with E-state index in [4.69, 9.17) is 0 Å². The van der Waals surface area contributed by atoms with Gasteiger partial charge in [-0.1, -0.05) is 53.7 Å². The maximum Gasteiger partial charge on any atom is 0.0801 e. The zero-order valence-electron chi connectivity index (χ0n) is 12.5. The second-order valence-electron chi connectivity index (χ2n) is 6.99. The number of aliphatic hydroxyl groups is 1. The third-order valence-corrected chi connectivity index (χ3v) is 4.25. The lowest BCUT2D eigenvalue weighted by Crippen LogP contribution is -2.16. The van der Waals surface area contributed by atoms with Crippen LogP contribution in [0.1, 0.15) is 88.2 Å². The predicted molar refractivity (Wildman–Crippen MR) is 77.2 cm³/mol. The van der Waals surface area contributed by atoms with Gasteiger partial charge in [-0.25, -0.2) is 0 Å². The van der Waals surface area contributed by atoms with E-state index in [0.29, 0.717) is 11.8 Å². The number of hydrogen-bond donors (Lipinski definition) is 1. The molecule has 2 rings (SSSR count). The highest BCUT2D eigenvalue weighted by Crippen LogP contribution is 2.48. The quantitative estimate of drug-likeness (QED) is 0.805. The van der Waals surface area contributed by atoms with Gasteiger partial charge in [-0.15, -0.1) is 0 Å². The van der Waals surface area contributed by atoms with E-state index in [1.807, 2.05) is 0 Å². The van der Waals surface area contributed by atoms with Gasteiger partial charge in [0.05, 0.1) is 6.10 Å². The van der Waals surface area contributed by atoms with Crippen molar-refractivity contribution < 1.29 is 5.11 Å². The summed E-state index contributed by atoms with van der Waals surface area (Å²) in [6.45, 7) is 13.4. The minimum Gasteiger partial charge on any atom is -0.388 e. The normalized spacial score (nSPS) is 21.7. The highest BCUT2D eigenvalue weighted by molar-refractivity contribution is 5.50. The second kappa shape index (κ2) is 4.38. The number of aliphatic hydroxyl groups excluding tert-OH is 1. The maximum atomic E-state index is 10.3. The third kappa shape index (κ3) is 2.09. The summed E-state index contributed by atoms with van der Waals surface area (Å²) in [5.41, 5.74) is 5.46. The number of hydrogen-bond acceptors (Lipinski definition) is 1. The first-order valence-electron chi connectivity index (χ1n) is 7.10. The zero-order chi connectivity index (χ0) is 13.7. The summed E-state index contributed by atoms with van der Waals surface area (Å²) in [7, 11) is 0. The van der Waals surface area contributed by atoms with Crippen molar-refractivity contribution in [3.8, 4) is 0 Å². The Balaban J connectivity index is 2.69. The van der Waals surface area contributed by atoms with Crippen LogP contribution in [0.4, 0.5) is 0 Å². The Morgan fingerprint density at radius 3 is 2.22 bits per heavy atom. The van der Waals surface area contributed by atoms with E-state index in [1.165, 1.54) is 22.3 Å². The Bertz CT molecular complexity index is 455. The van der Waals surface area contributed by atoms with E-state index in [0.717, 1.165) is 6.42 Å². The first kappa shape index (κ1) is 13.6. The monoisotopic (exact) mass is 246 g/mol. The van der Waals surface area contributed by atoms with Crippen LogP contribution in [0.15, 0.2) is 12.1 Å². The molecular weight excluding hydrogens is 220 g/mol. The molecule has 1 aromatic carbocycles. The van der Waals surface area contributed by atoms with E-state index >= 15 is 0 Å². The lowest BCUT2D eigenvalue weighted by molar-refractivity contribution is 0.161. The number of benzene rings is 1. The van der Waals surface area contributed by atoms with Crippen molar-refractivity contribution in [2.24, 2.45) is 0 Å². The molecule has 1 heteroatoms. The molecule has 1 nitrogen and oxygen atoms in total. The molecule has 1 aliphatic rings. The van der Waals surface area contributed by atoms with Crippen LogP contribution in [0.5, 0.6) is 0 Å². The van der Waals surface area contributed by atoms with Gasteiger partial charge in [-0.2, -0.15) is 0 Å². The summed E-state index contributed by atoms with van der Waals surface area (Å²) < 4.78 is 0.